The molecule has 2 aromatic heterocycles. The summed E-state index contributed by atoms with van der Waals surface area (Å²) in [5.41, 5.74) is 2.95. The van der Waals surface area contributed by atoms with Crippen LogP contribution in [0.2, 0.25) is 0 Å². The van der Waals surface area contributed by atoms with Gasteiger partial charge in [-0.25, -0.2) is 9.97 Å². The zero-order chi connectivity index (χ0) is 13.0. The summed E-state index contributed by atoms with van der Waals surface area (Å²) in [4.78, 5) is 9.12. The third-order valence-corrected chi connectivity index (χ3v) is 3.40. The quantitative estimate of drug-likeness (QED) is 0.583. The molecule has 4 heteroatoms. The van der Waals surface area contributed by atoms with Crippen molar-refractivity contribution in [2.24, 2.45) is 0 Å². The molecule has 2 rings (SSSR count). The average Bonchev–Trinajstić information content (AvgIpc) is 2.72. The van der Waals surface area contributed by atoms with Crippen molar-refractivity contribution in [3.63, 3.8) is 0 Å². The summed E-state index contributed by atoms with van der Waals surface area (Å²) in [6, 6.07) is 4.02. The monoisotopic (exact) mass is 265 g/mol. The van der Waals surface area contributed by atoms with Gasteiger partial charge < -0.3 is 4.57 Å². The molecule has 0 fully saturated rings. The van der Waals surface area contributed by atoms with Crippen LogP contribution in [-0.2, 0) is 12.4 Å². The van der Waals surface area contributed by atoms with Crippen molar-refractivity contribution < 1.29 is 0 Å². The molecule has 0 aromatic carbocycles. The number of hydrogen-bond acceptors (Lipinski definition) is 2. The summed E-state index contributed by atoms with van der Waals surface area (Å²) in [5, 5.41) is 0. The van der Waals surface area contributed by atoms with Crippen molar-refractivity contribution >= 4 is 22.8 Å². The minimum Gasteiger partial charge on any atom is -0.312 e. The van der Waals surface area contributed by atoms with Gasteiger partial charge in [0, 0.05) is 12.2 Å². The van der Waals surface area contributed by atoms with Gasteiger partial charge in [0.25, 0.3) is 0 Å². The van der Waals surface area contributed by atoms with Gasteiger partial charge in [-0.05, 0) is 25.5 Å². The van der Waals surface area contributed by atoms with Crippen molar-refractivity contribution in [1.29, 1.82) is 0 Å². The van der Waals surface area contributed by atoms with Gasteiger partial charge in [-0.15, -0.1) is 11.6 Å². The number of hydrogen-bond donors (Lipinski definition) is 0. The Morgan fingerprint density at radius 3 is 2.72 bits per heavy atom. The zero-order valence-corrected chi connectivity index (χ0v) is 11.9. The van der Waals surface area contributed by atoms with Crippen LogP contribution < -0.4 is 0 Å². The van der Waals surface area contributed by atoms with Crippen molar-refractivity contribution in [3.8, 4) is 0 Å². The standard InChI is InChI=1S/C14H20ClN3/c1-3-4-5-6-9-18-13(10-15)17-12-8-7-11(2)16-14(12)18/h7-8H,3-6,9-10H2,1-2H3. The van der Waals surface area contributed by atoms with Gasteiger partial charge in [0.2, 0.25) is 0 Å². The number of imidazole rings is 1. The van der Waals surface area contributed by atoms with E-state index in [1.807, 2.05) is 19.1 Å². The van der Waals surface area contributed by atoms with E-state index in [2.05, 4.69) is 21.5 Å². The molecule has 2 aromatic rings. The summed E-state index contributed by atoms with van der Waals surface area (Å²) in [5.74, 6) is 1.38. The van der Waals surface area contributed by atoms with Crippen LogP contribution in [0.5, 0.6) is 0 Å². The molecule has 0 spiro atoms. The highest BCUT2D eigenvalue weighted by atomic mass is 35.5. The molecule has 98 valence electrons. The summed E-state index contributed by atoms with van der Waals surface area (Å²) >= 11 is 5.97. The first-order valence-corrected chi connectivity index (χ1v) is 7.18. The van der Waals surface area contributed by atoms with E-state index in [9.17, 15) is 0 Å². The third-order valence-electron chi connectivity index (χ3n) is 3.17. The first-order chi connectivity index (χ1) is 8.76. The van der Waals surface area contributed by atoms with Crippen LogP contribution in [0.1, 0.15) is 44.1 Å². The largest absolute Gasteiger partial charge is 0.312 e. The molecule has 0 bridgehead atoms. The van der Waals surface area contributed by atoms with Gasteiger partial charge in [0.1, 0.15) is 11.3 Å². The fraction of sp³-hybridized carbons (Fsp3) is 0.571. The number of nitrogens with zero attached hydrogens (tertiary/aromatic N) is 3. The topological polar surface area (TPSA) is 30.7 Å². The summed E-state index contributed by atoms with van der Waals surface area (Å²) in [7, 11) is 0. The molecule has 2 heterocycles. The number of halogens is 1. The first-order valence-electron chi connectivity index (χ1n) is 6.65. The molecule has 3 nitrogen and oxygen atoms in total. The van der Waals surface area contributed by atoms with Gasteiger partial charge >= 0.3 is 0 Å². The highest BCUT2D eigenvalue weighted by molar-refractivity contribution is 6.16. The van der Waals surface area contributed by atoms with Gasteiger partial charge in [-0.1, -0.05) is 26.2 Å². The van der Waals surface area contributed by atoms with Gasteiger partial charge in [0.15, 0.2) is 5.65 Å². The van der Waals surface area contributed by atoms with Crippen molar-refractivity contribution in [3.05, 3.63) is 23.7 Å². The smallest absolute Gasteiger partial charge is 0.160 e. The predicted octanol–water partition coefficient (Wildman–Crippen LogP) is 4.06. The van der Waals surface area contributed by atoms with Crippen molar-refractivity contribution in [1.82, 2.24) is 14.5 Å². The Bertz CT molecular complexity index is 519. The minimum absolute atomic E-state index is 0.448. The average molecular weight is 266 g/mol. The molecular weight excluding hydrogens is 246 g/mol. The normalized spacial score (nSPS) is 11.3. The lowest BCUT2D eigenvalue weighted by atomic mass is 10.2. The molecule has 0 N–H and O–H groups in total. The Hall–Kier alpha value is -1.09. The Balaban J connectivity index is 2.25. The number of rotatable bonds is 6. The molecule has 0 aliphatic heterocycles. The van der Waals surface area contributed by atoms with Gasteiger partial charge in [0.05, 0.1) is 5.88 Å². The molecule has 0 aliphatic carbocycles. The molecule has 0 saturated carbocycles. The molecule has 0 unspecified atom stereocenters. The second-order valence-electron chi connectivity index (χ2n) is 4.67. The van der Waals surface area contributed by atoms with Crippen LogP contribution in [0, 0.1) is 6.92 Å². The second-order valence-corrected chi connectivity index (χ2v) is 4.94. The number of aromatic nitrogens is 3. The summed E-state index contributed by atoms with van der Waals surface area (Å²) in [6.07, 6.45) is 4.96. The van der Waals surface area contributed by atoms with Gasteiger partial charge in [-0.2, -0.15) is 0 Å². The fourth-order valence-electron chi connectivity index (χ4n) is 2.18. The maximum absolute atomic E-state index is 5.97. The molecule has 0 amide bonds. The Morgan fingerprint density at radius 1 is 1.17 bits per heavy atom. The lowest BCUT2D eigenvalue weighted by molar-refractivity contribution is 0.578. The van der Waals surface area contributed by atoms with Crippen LogP contribution in [0.15, 0.2) is 12.1 Å². The maximum atomic E-state index is 5.97. The number of aryl methyl sites for hydroxylation is 2. The van der Waals surface area contributed by atoms with E-state index >= 15 is 0 Å². The minimum atomic E-state index is 0.448. The van der Waals surface area contributed by atoms with Crippen LogP contribution in [0.4, 0.5) is 0 Å². The molecule has 0 aliphatic rings. The Kier molecular flexibility index (Phi) is 4.59. The van der Waals surface area contributed by atoms with Crippen molar-refractivity contribution in [2.75, 3.05) is 0 Å². The van der Waals surface area contributed by atoms with E-state index in [0.29, 0.717) is 5.88 Å². The van der Waals surface area contributed by atoms with Crippen LogP contribution in [0.3, 0.4) is 0 Å². The molecule has 18 heavy (non-hydrogen) atoms. The number of pyridine rings is 1. The van der Waals surface area contributed by atoms with E-state index < -0.39 is 0 Å². The summed E-state index contributed by atoms with van der Waals surface area (Å²) in [6.45, 7) is 5.20. The Labute approximate surface area is 113 Å². The number of fused-ring (bicyclic) bond motifs is 1. The Morgan fingerprint density at radius 2 is 2.00 bits per heavy atom. The molecular formula is C14H20ClN3. The molecule has 0 saturated heterocycles. The first kappa shape index (κ1) is 13.3. The van der Waals surface area contributed by atoms with E-state index in [4.69, 9.17) is 11.6 Å². The van der Waals surface area contributed by atoms with Crippen LogP contribution in [0.25, 0.3) is 11.2 Å². The highest BCUT2D eigenvalue weighted by Crippen LogP contribution is 2.17. The number of unbranched alkanes of at least 4 members (excludes halogenated alkanes) is 3. The third kappa shape index (κ3) is 2.83. The number of alkyl halides is 1. The lowest BCUT2D eigenvalue weighted by Gasteiger charge is -2.06. The van der Waals surface area contributed by atoms with E-state index in [1.54, 1.807) is 0 Å². The van der Waals surface area contributed by atoms with E-state index in [1.165, 1.54) is 25.7 Å². The summed E-state index contributed by atoms with van der Waals surface area (Å²) < 4.78 is 2.17. The zero-order valence-electron chi connectivity index (χ0n) is 11.1. The van der Waals surface area contributed by atoms with E-state index in [-0.39, 0.29) is 0 Å². The van der Waals surface area contributed by atoms with Crippen molar-refractivity contribution in [2.45, 2.75) is 52.0 Å². The van der Waals surface area contributed by atoms with Crippen LogP contribution >= 0.6 is 11.6 Å². The van der Waals surface area contributed by atoms with E-state index in [0.717, 1.165) is 29.2 Å². The van der Waals surface area contributed by atoms with Gasteiger partial charge in [-0.3, -0.25) is 0 Å². The fourth-order valence-corrected chi connectivity index (χ4v) is 2.38. The second kappa shape index (κ2) is 6.19. The maximum Gasteiger partial charge on any atom is 0.160 e. The van der Waals surface area contributed by atoms with Crippen LogP contribution in [-0.4, -0.2) is 14.5 Å². The predicted molar refractivity (Wildman–Crippen MR) is 76.0 cm³/mol. The molecule has 0 radical (unpaired) electrons. The SMILES string of the molecule is CCCCCCn1c(CCl)nc2ccc(C)nc21. The molecule has 0 atom stereocenters. The highest BCUT2D eigenvalue weighted by Gasteiger charge is 2.10. The lowest BCUT2D eigenvalue weighted by Crippen LogP contribution is -2.03.